The molecule has 144 valence electrons. The summed E-state index contributed by atoms with van der Waals surface area (Å²) in [6, 6.07) is 26.2. The van der Waals surface area contributed by atoms with Crippen molar-refractivity contribution in [1.29, 1.82) is 0 Å². The highest BCUT2D eigenvalue weighted by Gasteiger charge is 2.33. The largest absolute Gasteiger partial charge is 0.462 e. The maximum atomic E-state index is 13.8. The number of ketones is 1. The molecule has 0 spiro atoms. The highest BCUT2D eigenvalue weighted by atomic mass is 35.5. The van der Waals surface area contributed by atoms with Crippen LogP contribution in [0.2, 0.25) is 5.02 Å². The fraction of sp³-hybridized carbons (Fsp3) is 0.120. The molecule has 0 amide bonds. The third-order valence-corrected chi connectivity index (χ3v) is 5.30. The van der Waals surface area contributed by atoms with Gasteiger partial charge in [0.15, 0.2) is 5.78 Å². The van der Waals surface area contributed by atoms with Crippen LogP contribution in [0.1, 0.15) is 29.0 Å². The number of halogens is 1. The lowest BCUT2D eigenvalue weighted by Gasteiger charge is -2.24. The Morgan fingerprint density at radius 3 is 1.93 bits per heavy atom. The number of carbonyl (C=O) groups excluding carboxylic acids is 2. The number of Topliss-reactive ketones (excluding diaryl/α,β-unsaturated/α-hetero) is 1. The molecule has 3 aromatic rings. The predicted octanol–water partition coefficient (Wildman–Crippen LogP) is 5.44. The topological polar surface area (TPSA) is 43.4 Å². The van der Waals surface area contributed by atoms with E-state index in [0.29, 0.717) is 28.2 Å². The van der Waals surface area contributed by atoms with Crippen molar-refractivity contribution < 1.29 is 14.3 Å². The fourth-order valence-electron chi connectivity index (χ4n) is 3.68. The van der Waals surface area contributed by atoms with Gasteiger partial charge in [0.2, 0.25) is 0 Å². The van der Waals surface area contributed by atoms with Crippen LogP contribution in [0.5, 0.6) is 0 Å². The van der Waals surface area contributed by atoms with Crippen LogP contribution in [0, 0.1) is 0 Å². The molecule has 0 saturated carbocycles. The van der Waals surface area contributed by atoms with Crippen LogP contribution >= 0.6 is 11.6 Å². The van der Waals surface area contributed by atoms with Crippen LogP contribution in [0.3, 0.4) is 0 Å². The molecule has 0 bridgehead atoms. The van der Waals surface area contributed by atoms with Gasteiger partial charge in [-0.25, -0.2) is 4.79 Å². The predicted molar refractivity (Wildman–Crippen MR) is 114 cm³/mol. The fourth-order valence-corrected chi connectivity index (χ4v) is 3.81. The highest BCUT2D eigenvalue weighted by molar-refractivity contribution is 6.31. The summed E-state index contributed by atoms with van der Waals surface area (Å²) in [7, 11) is 0. The monoisotopic (exact) mass is 402 g/mol. The first kappa shape index (κ1) is 19.2. The Bertz CT molecular complexity index is 1010. The number of carbonyl (C=O) groups is 2. The van der Waals surface area contributed by atoms with Gasteiger partial charge in [-0.3, -0.25) is 4.79 Å². The summed E-state index contributed by atoms with van der Waals surface area (Å²) in [4.78, 5) is 26.4. The number of hydrogen-bond donors (Lipinski definition) is 0. The van der Waals surface area contributed by atoms with E-state index in [1.165, 1.54) is 0 Å². The van der Waals surface area contributed by atoms with Crippen LogP contribution in [0.15, 0.2) is 90.5 Å². The summed E-state index contributed by atoms with van der Waals surface area (Å²) in [5.41, 5.74) is 3.26. The third-order valence-electron chi connectivity index (χ3n) is 5.05. The van der Waals surface area contributed by atoms with Crippen LogP contribution in [-0.2, 0) is 14.3 Å². The molecular formula is C25H19ClO3. The van der Waals surface area contributed by atoms with Gasteiger partial charge in [-0.1, -0.05) is 84.4 Å². The molecule has 4 rings (SSSR count). The van der Waals surface area contributed by atoms with Gasteiger partial charge in [0, 0.05) is 17.0 Å². The second-order valence-electron chi connectivity index (χ2n) is 6.86. The summed E-state index contributed by atoms with van der Waals surface area (Å²) < 4.78 is 5.26. The number of cyclic esters (lactones) is 1. The second kappa shape index (κ2) is 8.46. The molecule has 0 aromatic heterocycles. The quantitative estimate of drug-likeness (QED) is 0.533. The lowest BCUT2D eigenvalue weighted by molar-refractivity contribution is -0.138. The first-order valence-electron chi connectivity index (χ1n) is 9.45. The zero-order chi connectivity index (χ0) is 20.2. The Labute approximate surface area is 174 Å². The molecule has 0 atom stereocenters. The van der Waals surface area contributed by atoms with E-state index < -0.39 is 11.9 Å². The summed E-state index contributed by atoms with van der Waals surface area (Å²) in [5, 5.41) is 0.567. The number of ether oxygens (including phenoxy) is 1. The molecule has 3 aromatic carbocycles. The van der Waals surface area contributed by atoms with Crippen molar-refractivity contribution in [2.45, 2.75) is 12.3 Å². The van der Waals surface area contributed by atoms with Gasteiger partial charge in [-0.05, 0) is 28.8 Å². The Balaban J connectivity index is 1.86. The lowest BCUT2D eigenvalue weighted by atomic mass is 9.81. The molecule has 0 radical (unpaired) electrons. The van der Waals surface area contributed by atoms with Crippen molar-refractivity contribution in [3.8, 4) is 0 Å². The van der Waals surface area contributed by atoms with E-state index in [9.17, 15) is 9.59 Å². The van der Waals surface area contributed by atoms with E-state index in [2.05, 4.69) is 0 Å². The minimum absolute atomic E-state index is 0.0796. The van der Waals surface area contributed by atoms with Crippen molar-refractivity contribution in [3.63, 3.8) is 0 Å². The van der Waals surface area contributed by atoms with Crippen LogP contribution in [0.25, 0.3) is 5.57 Å². The van der Waals surface area contributed by atoms with Crippen molar-refractivity contribution >= 4 is 28.9 Å². The molecule has 29 heavy (non-hydrogen) atoms. The minimum atomic E-state index is -0.486. The van der Waals surface area contributed by atoms with Gasteiger partial charge in [0.25, 0.3) is 0 Å². The molecule has 0 aliphatic carbocycles. The van der Waals surface area contributed by atoms with Gasteiger partial charge in [0.05, 0.1) is 18.1 Å². The van der Waals surface area contributed by atoms with Gasteiger partial charge >= 0.3 is 5.97 Å². The number of esters is 1. The molecule has 4 heteroatoms. The normalized spacial score (nSPS) is 14.1. The van der Waals surface area contributed by atoms with Crippen LogP contribution in [-0.4, -0.2) is 18.4 Å². The molecule has 3 nitrogen and oxygen atoms in total. The lowest BCUT2D eigenvalue weighted by Crippen LogP contribution is -2.25. The van der Waals surface area contributed by atoms with E-state index in [1.54, 1.807) is 24.3 Å². The number of hydrogen-bond acceptors (Lipinski definition) is 3. The van der Waals surface area contributed by atoms with Crippen molar-refractivity contribution in [2.24, 2.45) is 0 Å². The summed E-state index contributed by atoms with van der Waals surface area (Å²) >= 11 is 6.00. The average Bonchev–Trinajstić information content (AvgIpc) is 2.76. The minimum Gasteiger partial charge on any atom is -0.462 e. The average molecular weight is 403 g/mol. The zero-order valence-corrected chi connectivity index (χ0v) is 16.4. The van der Waals surface area contributed by atoms with E-state index in [0.717, 1.165) is 11.1 Å². The summed E-state index contributed by atoms with van der Waals surface area (Å²) in [5.74, 6) is -1.04. The Morgan fingerprint density at radius 1 is 0.828 bits per heavy atom. The SMILES string of the molecule is O=C1OCCC(C(=O)C(c2ccccc2)c2ccccc2)=C1c1ccc(Cl)cc1. The molecule has 0 unspecified atom stereocenters. The second-order valence-corrected chi connectivity index (χ2v) is 7.30. The maximum absolute atomic E-state index is 13.8. The first-order chi connectivity index (χ1) is 14.1. The smallest absolute Gasteiger partial charge is 0.339 e. The Kier molecular flexibility index (Phi) is 5.59. The molecule has 1 aliphatic heterocycles. The van der Waals surface area contributed by atoms with Crippen LogP contribution in [0.4, 0.5) is 0 Å². The Hall–Kier alpha value is -3.17. The number of benzene rings is 3. The maximum Gasteiger partial charge on any atom is 0.339 e. The van der Waals surface area contributed by atoms with Gasteiger partial charge < -0.3 is 4.74 Å². The molecule has 0 fully saturated rings. The third kappa shape index (κ3) is 4.01. The van der Waals surface area contributed by atoms with Crippen molar-refractivity contribution in [1.82, 2.24) is 0 Å². The van der Waals surface area contributed by atoms with E-state index in [4.69, 9.17) is 16.3 Å². The van der Waals surface area contributed by atoms with Crippen molar-refractivity contribution in [3.05, 3.63) is 112 Å². The zero-order valence-electron chi connectivity index (χ0n) is 15.7. The van der Waals surface area contributed by atoms with Gasteiger partial charge in [-0.15, -0.1) is 0 Å². The molecule has 1 aliphatic rings. The van der Waals surface area contributed by atoms with Crippen LogP contribution < -0.4 is 0 Å². The summed E-state index contributed by atoms with van der Waals surface area (Å²) in [6.07, 6.45) is 0.388. The van der Waals surface area contributed by atoms with E-state index >= 15 is 0 Å². The highest BCUT2D eigenvalue weighted by Crippen LogP contribution is 2.35. The molecular weight excluding hydrogens is 384 g/mol. The first-order valence-corrected chi connectivity index (χ1v) is 9.83. The molecule has 0 saturated heterocycles. The molecule has 1 heterocycles. The standard InChI is InChI=1S/C25H19ClO3/c26-20-13-11-19(12-14-20)23-21(15-16-29-25(23)28)24(27)22(17-7-3-1-4-8-17)18-9-5-2-6-10-18/h1-14,22H,15-16H2. The Morgan fingerprint density at radius 2 is 1.38 bits per heavy atom. The summed E-state index contributed by atoms with van der Waals surface area (Å²) in [6.45, 7) is 0.202. The van der Waals surface area contributed by atoms with Gasteiger partial charge in [-0.2, -0.15) is 0 Å². The van der Waals surface area contributed by atoms with Gasteiger partial charge in [0.1, 0.15) is 0 Å². The van der Waals surface area contributed by atoms with E-state index in [-0.39, 0.29) is 12.4 Å². The number of rotatable bonds is 5. The van der Waals surface area contributed by atoms with E-state index in [1.807, 2.05) is 60.7 Å². The van der Waals surface area contributed by atoms with Crippen molar-refractivity contribution in [2.75, 3.05) is 6.61 Å². The molecule has 0 N–H and O–H groups in total.